The van der Waals surface area contributed by atoms with Gasteiger partial charge in [-0.1, -0.05) is 34.3 Å². The molecule has 0 bridgehead atoms. The highest BCUT2D eigenvalue weighted by Crippen LogP contribution is 2.52. The van der Waals surface area contributed by atoms with E-state index in [9.17, 15) is 4.79 Å². The lowest BCUT2D eigenvalue weighted by atomic mass is 9.60. The predicted molar refractivity (Wildman–Crippen MR) is 86.8 cm³/mol. The summed E-state index contributed by atoms with van der Waals surface area (Å²) >= 11 is 0. The van der Waals surface area contributed by atoms with Crippen molar-refractivity contribution >= 4 is 5.78 Å². The molecule has 1 fully saturated rings. The van der Waals surface area contributed by atoms with Crippen LogP contribution in [0.4, 0.5) is 0 Å². The van der Waals surface area contributed by atoms with Gasteiger partial charge in [0.1, 0.15) is 0 Å². The molecule has 0 radical (unpaired) electrons. The second-order valence-electron chi connectivity index (χ2n) is 7.18. The molecule has 0 N–H and O–H groups in total. The highest BCUT2D eigenvalue weighted by molar-refractivity contribution is 6.13. The van der Waals surface area contributed by atoms with Crippen LogP contribution in [0.3, 0.4) is 0 Å². The predicted octanol–water partition coefficient (Wildman–Crippen LogP) is 4.10. The first-order chi connectivity index (χ1) is 9.95. The fraction of sp³-hybridized carbons (Fsp3) is 0.632. The van der Waals surface area contributed by atoms with E-state index >= 15 is 0 Å². The molecular weight excluding hydrogens is 258 g/mol. The molecule has 0 aromatic carbocycles. The van der Waals surface area contributed by atoms with E-state index in [-0.39, 0.29) is 0 Å². The monoisotopic (exact) mass is 285 g/mol. The Bertz CT molecular complexity index is 558. The van der Waals surface area contributed by atoms with Crippen molar-refractivity contribution in [3.8, 4) is 0 Å². The van der Waals surface area contributed by atoms with E-state index < -0.39 is 0 Å². The van der Waals surface area contributed by atoms with Crippen molar-refractivity contribution < 1.29 is 4.79 Å². The number of hydrogen-bond donors (Lipinski definition) is 0. The normalized spacial score (nSPS) is 30.0. The molecule has 2 heteroatoms. The molecule has 1 aliphatic heterocycles. The van der Waals surface area contributed by atoms with Gasteiger partial charge in [-0.25, -0.2) is 0 Å². The van der Waals surface area contributed by atoms with Crippen LogP contribution in [0.5, 0.6) is 0 Å². The third-order valence-electron chi connectivity index (χ3n) is 5.57. The molecule has 3 rings (SSSR count). The molecule has 0 spiro atoms. The fourth-order valence-electron chi connectivity index (χ4n) is 4.25. The molecule has 2 atom stereocenters. The van der Waals surface area contributed by atoms with Crippen LogP contribution in [0, 0.1) is 17.8 Å². The van der Waals surface area contributed by atoms with Crippen molar-refractivity contribution in [2.45, 2.75) is 47.0 Å². The van der Waals surface area contributed by atoms with Gasteiger partial charge in [-0.05, 0) is 53.7 Å². The van der Waals surface area contributed by atoms with Gasteiger partial charge < -0.3 is 4.90 Å². The lowest BCUT2D eigenvalue weighted by Crippen LogP contribution is -2.43. The topological polar surface area (TPSA) is 20.3 Å². The fourth-order valence-corrected chi connectivity index (χ4v) is 4.25. The molecule has 0 aromatic heterocycles. The number of nitrogens with zero attached hydrogens (tertiary/aromatic N) is 1. The van der Waals surface area contributed by atoms with Crippen LogP contribution in [0.25, 0.3) is 0 Å². The highest BCUT2D eigenvalue weighted by atomic mass is 16.1. The highest BCUT2D eigenvalue weighted by Gasteiger charge is 2.46. The summed E-state index contributed by atoms with van der Waals surface area (Å²) in [4.78, 5) is 15.4. The zero-order valence-corrected chi connectivity index (χ0v) is 13.8. The van der Waals surface area contributed by atoms with Crippen LogP contribution in [0.15, 0.2) is 34.6 Å². The zero-order chi connectivity index (χ0) is 15.3. The number of hydrogen-bond acceptors (Lipinski definition) is 2. The van der Waals surface area contributed by atoms with Crippen LogP contribution in [0.2, 0.25) is 0 Å². The summed E-state index contributed by atoms with van der Waals surface area (Å²) in [5.74, 6) is 1.52. The number of likely N-dealkylation sites (tertiary alicyclic amines) is 1. The Hall–Kier alpha value is -1.31. The van der Waals surface area contributed by atoms with Gasteiger partial charge in [0, 0.05) is 18.7 Å². The summed E-state index contributed by atoms with van der Waals surface area (Å²) in [6.07, 6.45) is 3.69. The second kappa shape index (κ2) is 5.15. The Morgan fingerprint density at radius 3 is 2.19 bits per heavy atom. The van der Waals surface area contributed by atoms with Gasteiger partial charge in [0.15, 0.2) is 0 Å². The van der Waals surface area contributed by atoms with Crippen LogP contribution in [-0.4, -0.2) is 23.8 Å². The van der Waals surface area contributed by atoms with Crippen molar-refractivity contribution in [2.75, 3.05) is 13.1 Å². The molecule has 21 heavy (non-hydrogen) atoms. The summed E-state index contributed by atoms with van der Waals surface area (Å²) in [6, 6.07) is 0. The van der Waals surface area contributed by atoms with Crippen LogP contribution in [0.1, 0.15) is 47.0 Å². The van der Waals surface area contributed by atoms with Gasteiger partial charge in [0.2, 0.25) is 5.78 Å². The van der Waals surface area contributed by atoms with Crippen molar-refractivity contribution in [1.82, 2.24) is 4.90 Å². The lowest BCUT2D eigenvalue weighted by molar-refractivity contribution is -0.115. The van der Waals surface area contributed by atoms with Crippen molar-refractivity contribution in [3.05, 3.63) is 34.6 Å². The van der Waals surface area contributed by atoms with Gasteiger partial charge in [0.25, 0.3) is 0 Å². The summed E-state index contributed by atoms with van der Waals surface area (Å²) in [5.41, 5.74) is 5.63. The molecule has 1 saturated heterocycles. The van der Waals surface area contributed by atoms with Gasteiger partial charge in [-0.15, -0.1) is 0 Å². The number of carbonyl (C=O) groups is 1. The maximum absolute atomic E-state index is 13.1. The molecule has 0 aromatic rings. The summed E-state index contributed by atoms with van der Waals surface area (Å²) < 4.78 is 0. The standard InChI is InChI=1S/C19H27NO/c1-11(2)15-14(5)16-12(3)13(4)17(16)19(21)18(15)20-9-7-6-8-10-20/h11-13H,5-10H2,1-4H3. The molecule has 0 saturated carbocycles. The molecule has 114 valence electrons. The minimum atomic E-state index is 0.300. The van der Waals surface area contributed by atoms with E-state index in [4.69, 9.17) is 0 Å². The Morgan fingerprint density at radius 2 is 1.62 bits per heavy atom. The van der Waals surface area contributed by atoms with Gasteiger partial charge in [-0.3, -0.25) is 4.79 Å². The average molecular weight is 285 g/mol. The molecule has 2 aliphatic carbocycles. The lowest BCUT2D eigenvalue weighted by Gasteiger charge is -2.46. The average Bonchev–Trinajstić information content (AvgIpc) is 2.47. The molecule has 3 aliphatic rings. The molecule has 2 unspecified atom stereocenters. The zero-order valence-electron chi connectivity index (χ0n) is 13.8. The maximum Gasteiger partial charge on any atom is 0.205 e. The maximum atomic E-state index is 13.1. The van der Waals surface area contributed by atoms with Gasteiger partial charge in [-0.2, -0.15) is 0 Å². The quantitative estimate of drug-likeness (QED) is 0.761. The smallest absolute Gasteiger partial charge is 0.205 e. The first kappa shape index (κ1) is 14.6. The SMILES string of the molecule is C=C1C(C(C)C)=C(N2CCCCC2)C(=O)C2=C1C(C)C2C. The van der Waals surface area contributed by atoms with E-state index in [0.29, 0.717) is 23.5 Å². The molecule has 1 heterocycles. The Kier molecular flexibility index (Phi) is 3.59. The number of ketones is 1. The third-order valence-corrected chi connectivity index (χ3v) is 5.57. The van der Waals surface area contributed by atoms with Crippen LogP contribution in [-0.2, 0) is 4.79 Å². The van der Waals surface area contributed by atoms with E-state index in [1.54, 1.807) is 0 Å². The number of piperidine rings is 1. The number of carbonyl (C=O) groups excluding carboxylic acids is 1. The minimum absolute atomic E-state index is 0.300. The second-order valence-corrected chi connectivity index (χ2v) is 7.18. The summed E-state index contributed by atoms with van der Waals surface area (Å²) in [7, 11) is 0. The first-order valence-electron chi connectivity index (χ1n) is 8.42. The first-order valence-corrected chi connectivity index (χ1v) is 8.42. The molecule has 0 amide bonds. The number of rotatable bonds is 2. The Morgan fingerprint density at radius 1 is 1.05 bits per heavy atom. The summed E-state index contributed by atoms with van der Waals surface area (Å²) in [5, 5.41) is 0. The third kappa shape index (κ3) is 2.03. The van der Waals surface area contributed by atoms with Crippen LogP contribution < -0.4 is 0 Å². The Balaban J connectivity index is 2.07. The number of allylic oxidation sites excluding steroid dienone is 4. The van der Waals surface area contributed by atoms with Crippen LogP contribution >= 0.6 is 0 Å². The van der Waals surface area contributed by atoms with E-state index in [1.807, 2.05) is 0 Å². The van der Waals surface area contributed by atoms with E-state index in [0.717, 1.165) is 29.9 Å². The van der Waals surface area contributed by atoms with Gasteiger partial charge >= 0.3 is 0 Å². The van der Waals surface area contributed by atoms with Crippen molar-refractivity contribution in [1.29, 1.82) is 0 Å². The summed E-state index contributed by atoms with van der Waals surface area (Å²) in [6.45, 7) is 15.2. The largest absolute Gasteiger partial charge is 0.368 e. The van der Waals surface area contributed by atoms with Gasteiger partial charge in [0.05, 0.1) is 5.70 Å². The van der Waals surface area contributed by atoms with E-state index in [2.05, 4.69) is 39.2 Å². The van der Waals surface area contributed by atoms with E-state index in [1.165, 1.54) is 30.4 Å². The molecule has 2 nitrogen and oxygen atoms in total. The number of Topliss-reactive ketones (excluding diaryl/α,β-unsaturated/α-hetero) is 1. The molecular formula is C19H27NO. The van der Waals surface area contributed by atoms with Crippen molar-refractivity contribution in [2.24, 2.45) is 17.8 Å². The van der Waals surface area contributed by atoms with Crippen molar-refractivity contribution in [3.63, 3.8) is 0 Å². The minimum Gasteiger partial charge on any atom is -0.368 e. The Labute approximate surface area is 128 Å².